The molecule has 1 aliphatic heterocycles. The molecule has 1 atom stereocenters. The van der Waals surface area contributed by atoms with Crippen molar-refractivity contribution in [3.8, 4) is 0 Å². The second-order valence-electron chi connectivity index (χ2n) is 6.13. The largest absolute Gasteiger partial charge is 0.324 e. The van der Waals surface area contributed by atoms with Gasteiger partial charge in [0.05, 0.1) is 4.90 Å². The number of sulfonamides is 1. The maximum atomic E-state index is 13.1. The van der Waals surface area contributed by atoms with Crippen molar-refractivity contribution >= 4 is 33.2 Å². The molecule has 3 rings (SSSR count). The van der Waals surface area contributed by atoms with Gasteiger partial charge in [-0.1, -0.05) is 17.7 Å². The number of benzene rings is 2. The summed E-state index contributed by atoms with van der Waals surface area (Å²) < 4.78 is 39.9. The number of nitrogens with zero attached hydrogens (tertiary/aromatic N) is 1. The van der Waals surface area contributed by atoms with Crippen LogP contribution >= 0.6 is 11.6 Å². The van der Waals surface area contributed by atoms with E-state index in [4.69, 9.17) is 11.6 Å². The Kier molecular flexibility index (Phi) is 5.32. The van der Waals surface area contributed by atoms with Crippen molar-refractivity contribution in [2.45, 2.75) is 30.7 Å². The molecule has 0 bridgehead atoms. The molecular weight excluding hydrogens is 379 g/mol. The average molecular weight is 397 g/mol. The normalized spacial score (nSPS) is 18.0. The quantitative estimate of drug-likeness (QED) is 0.858. The summed E-state index contributed by atoms with van der Waals surface area (Å²) in [5.74, 6) is -0.922. The Morgan fingerprint density at radius 3 is 2.62 bits per heavy atom. The Morgan fingerprint density at radius 1 is 1.23 bits per heavy atom. The first-order valence-corrected chi connectivity index (χ1v) is 9.96. The van der Waals surface area contributed by atoms with E-state index in [-0.39, 0.29) is 11.4 Å². The highest BCUT2D eigenvalue weighted by atomic mass is 35.5. The molecule has 2 aromatic rings. The average Bonchev–Trinajstić information content (AvgIpc) is 3.10. The molecule has 0 radical (unpaired) electrons. The van der Waals surface area contributed by atoms with E-state index >= 15 is 0 Å². The molecule has 1 aliphatic rings. The standard InChI is InChI=1S/C18H18ClFN2O3S/c1-12-15(19)4-2-5-16(12)21-18(23)17-6-3-11-22(17)26(24,25)14-9-7-13(20)8-10-14/h2,4-5,7-10,17H,3,6,11H2,1H3,(H,21,23)/t17-/m1/s1. The topological polar surface area (TPSA) is 66.5 Å². The zero-order valence-corrected chi connectivity index (χ0v) is 15.6. The van der Waals surface area contributed by atoms with Crippen LogP contribution in [0.3, 0.4) is 0 Å². The molecule has 5 nitrogen and oxygen atoms in total. The molecule has 1 amide bonds. The van der Waals surface area contributed by atoms with E-state index in [0.29, 0.717) is 29.1 Å². The lowest BCUT2D eigenvalue weighted by molar-refractivity contribution is -0.119. The summed E-state index contributed by atoms with van der Waals surface area (Å²) in [6.07, 6.45) is 0.999. The number of carbonyl (C=O) groups is 1. The van der Waals surface area contributed by atoms with Crippen LogP contribution in [0.25, 0.3) is 0 Å². The fourth-order valence-electron chi connectivity index (χ4n) is 2.99. The Bertz CT molecular complexity index is 932. The van der Waals surface area contributed by atoms with Gasteiger partial charge in [-0.15, -0.1) is 0 Å². The number of amides is 1. The lowest BCUT2D eigenvalue weighted by atomic mass is 10.1. The smallest absolute Gasteiger partial charge is 0.243 e. The van der Waals surface area contributed by atoms with Gasteiger partial charge in [0.1, 0.15) is 11.9 Å². The Labute approximate surface area is 156 Å². The molecular formula is C18H18ClFN2O3S. The zero-order chi connectivity index (χ0) is 18.9. The Balaban J connectivity index is 1.84. The maximum absolute atomic E-state index is 13.1. The summed E-state index contributed by atoms with van der Waals surface area (Å²) in [6, 6.07) is 8.93. The van der Waals surface area contributed by atoms with Crippen molar-refractivity contribution in [3.05, 3.63) is 58.9 Å². The zero-order valence-electron chi connectivity index (χ0n) is 14.1. The van der Waals surface area contributed by atoms with Crippen molar-refractivity contribution in [3.63, 3.8) is 0 Å². The summed E-state index contributed by atoms with van der Waals surface area (Å²) in [5.41, 5.74) is 1.27. The third-order valence-electron chi connectivity index (χ3n) is 4.45. The van der Waals surface area contributed by atoms with Gasteiger partial charge in [-0.05, 0) is 61.7 Å². The van der Waals surface area contributed by atoms with E-state index in [1.807, 2.05) is 0 Å². The highest BCUT2D eigenvalue weighted by Gasteiger charge is 2.39. The molecule has 0 aromatic heterocycles. The van der Waals surface area contributed by atoms with Crippen LogP contribution in [-0.4, -0.2) is 31.2 Å². The lowest BCUT2D eigenvalue weighted by Gasteiger charge is -2.23. The van der Waals surface area contributed by atoms with Crippen LogP contribution in [0.5, 0.6) is 0 Å². The number of rotatable bonds is 4. The number of hydrogen-bond acceptors (Lipinski definition) is 3. The second kappa shape index (κ2) is 7.34. The summed E-state index contributed by atoms with van der Waals surface area (Å²) in [6.45, 7) is 2.02. The molecule has 0 unspecified atom stereocenters. The van der Waals surface area contributed by atoms with Crippen molar-refractivity contribution in [2.75, 3.05) is 11.9 Å². The minimum atomic E-state index is -3.88. The van der Waals surface area contributed by atoms with Crippen molar-refractivity contribution in [2.24, 2.45) is 0 Å². The van der Waals surface area contributed by atoms with Crippen molar-refractivity contribution in [1.82, 2.24) is 4.31 Å². The SMILES string of the molecule is Cc1c(Cl)cccc1NC(=O)[C@H]1CCCN1S(=O)(=O)c1ccc(F)cc1. The van der Waals surface area contributed by atoms with Crippen LogP contribution in [0.4, 0.5) is 10.1 Å². The minimum Gasteiger partial charge on any atom is -0.324 e. The van der Waals surface area contributed by atoms with E-state index in [2.05, 4.69) is 5.32 Å². The third kappa shape index (κ3) is 3.60. The van der Waals surface area contributed by atoms with Crippen LogP contribution in [0, 0.1) is 12.7 Å². The van der Waals surface area contributed by atoms with Crippen molar-refractivity contribution < 1.29 is 17.6 Å². The van der Waals surface area contributed by atoms with Crippen LogP contribution in [0.2, 0.25) is 5.02 Å². The molecule has 1 heterocycles. The number of halogens is 2. The van der Waals surface area contributed by atoms with Crippen LogP contribution in [-0.2, 0) is 14.8 Å². The second-order valence-corrected chi connectivity index (χ2v) is 8.43. The van der Waals surface area contributed by atoms with Crippen LogP contribution < -0.4 is 5.32 Å². The fourth-order valence-corrected chi connectivity index (χ4v) is 4.82. The number of anilines is 1. The van der Waals surface area contributed by atoms with Gasteiger partial charge >= 0.3 is 0 Å². The van der Waals surface area contributed by atoms with E-state index in [1.54, 1.807) is 25.1 Å². The van der Waals surface area contributed by atoms with E-state index in [1.165, 1.54) is 16.4 Å². The number of nitrogens with one attached hydrogen (secondary N) is 1. The summed E-state index contributed by atoms with van der Waals surface area (Å²) >= 11 is 6.06. The number of hydrogen-bond donors (Lipinski definition) is 1. The Morgan fingerprint density at radius 2 is 1.92 bits per heavy atom. The van der Waals surface area contributed by atoms with Crippen LogP contribution in [0.15, 0.2) is 47.4 Å². The molecule has 1 fully saturated rings. The number of carbonyl (C=O) groups excluding carboxylic acids is 1. The molecule has 1 N–H and O–H groups in total. The minimum absolute atomic E-state index is 0.0301. The monoisotopic (exact) mass is 396 g/mol. The highest BCUT2D eigenvalue weighted by molar-refractivity contribution is 7.89. The van der Waals surface area contributed by atoms with Gasteiger partial charge in [0, 0.05) is 17.3 Å². The first-order valence-electron chi connectivity index (χ1n) is 8.14. The summed E-state index contributed by atoms with van der Waals surface area (Å²) in [7, 11) is -3.88. The molecule has 0 aliphatic carbocycles. The van der Waals surface area contributed by atoms with E-state index in [9.17, 15) is 17.6 Å². The van der Waals surface area contributed by atoms with Gasteiger partial charge in [0.15, 0.2) is 0 Å². The first kappa shape index (κ1) is 18.8. The molecule has 1 saturated heterocycles. The predicted octanol–water partition coefficient (Wildman–Crippen LogP) is 3.58. The highest BCUT2D eigenvalue weighted by Crippen LogP contribution is 2.28. The fraction of sp³-hybridized carbons (Fsp3) is 0.278. The van der Waals surface area contributed by atoms with Gasteiger partial charge in [0.25, 0.3) is 0 Å². The van der Waals surface area contributed by atoms with Gasteiger partial charge in [-0.25, -0.2) is 12.8 Å². The molecule has 8 heteroatoms. The van der Waals surface area contributed by atoms with Gasteiger partial charge in [0.2, 0.25) is 15.9 Å². The van der Waals surface area contributed by atoms with E-state index < -0.39 is 27.8 Å². The Hall–Kier alpha value is -1.96. The molecule has 138 valence electrons. The molecule has 0 saturated carbocycles. The van der Waals surface area contributed by atoms with Gasteiger partial charge < -0.3 is 5.32 Å². The summed E-state index contributed by atoms with van der Waals surface area (Å²) in [5, 5.41) is 3.28. The summed E-state index contributed by atoms with van der Waals surface area (Å²) in [4.78, 5) is 12.7. The molecule has 2 aromatic carbocycles. The lowest BCUT2D eigenvalue weighted by Crippen LogP contribution is -2.43. The first-order chi connectivity index (χ1) is 12.3. The van der Waals surface area contributed by atoms with Gasteiger partial charge in [-0.2, -0.15) is 4.31 Å². The van der Waals surface area contributed by atoms with Gasteiger partial charge in [-0.3, -0.25) is 4.79 Å². The predicted molar refractivity (Wildman–Crippen MR) is 98.1 cm³/mol. The third-order valence-corrected chi connectivity index (χ3v) is 6.78. The van der Waals surface area contributed by atoms with Crippen LogP contribution in [0.1, 0.15) is 18.4 Å². The van der Waals surface area contributed by atoms with Crippen molar-refractivity contribution in [1.29, 1.82) is 0 Å². The molecule has 26 heavy (non-hydrogen) atoms. The van der Waals surface area contributed by atoms with E-state index in [0.717, 1.165) is 12.1 Å². The molecule has 0 spiro atoms. The maximum Gasteiger partial charge on any atom is 0.243 e.